The molecule has 0 aromatic heterocycles. The SMILES string of the molecule is CC(C)COc1ccccc1C(O)C(N)CCN. The molecule has 0 spiro atoms. The summed E-state index contributed by atoms with van der Waals surface area (Å²) in [7, 11) is 0. The fraction of sp³-hybridized carbons (Fsp3) is 0.571. The van der Waals surface area contributed by atoms with Gasteiger partial charge in [-0.05, 0) is 24.9 Å². The number of para-hydroxylation sites is 1. The van der Waals surface area contributed by atoms with Crippen molar-refractivity contribution in [2.75, 3.05) is 13.2 Å². The predicted octanol–water partition coefficient (Wildman–Crippen LogP) is 1.43. The van der Waals surface area contributed by atoms with Gasteiger partial charge in [0.1, 0.15) is 5.75 Å². The largest absolute Gasteiger partial charge is 0.493 e. The topological polar surface area (TPSA) is 81.5 Å². The third-order valence-electron chi connectivity index (χ3n) is 2.72. The smallest absolute Gasteiger partial charge is 0.125 e. The fourth-order valence-corrected chi connectivity index (χ4v) is 1.69. The molecule has 102 valence electrons. The molecule has 0 aliphatic heterocycles. The lowest BCUT2D eigenvalue weighted by Crippen LogP contribution is -2.31. The minimum Gasteiger partial charge on any atom is -0.493 e. The molecule has 0 radical (unpaired) electrons. The lowest BCUT2D eigenvalue weighted by molar-refractivity contribution is 0.137. The number of rotatable bonds is 7. The zero-order valence-electron chi connectivity index (χ0n) is 11.2. The van der Waals surface area contributed by atoms with Crippen LogP contribution in [-0.4, -0.2) is 24.3 Å². The van der Waals surface area contributed by atoms with Crippen molar-refractivity contribution in [3.05, 3.63) is 29.8 Å². The van der Waals surface area contributed by atoms with Crippen LogP contribution in [0.1, 0.15) is 31.9 Å². The van der Waals surface area contributed by atoms with Crippen molar-refractivity contribution in [3.8, 4) is 5.75 Å². The Morgan fingerprint density at radius 1 is 1.28 bits per heavy atom. The molecule has 2 atom stereocenters. The molecule has 0 fully saturated rings. The third-order valence-corrected chi connectivity index (χ3v) is 2.72. The lowest BCUT2D eigenvalue weighted by Gasteiger charge is -2.21. The highest BCUT2D eigenvalue weighted by Crippen LogP contribution is 2.27. The van der Waals surface area contributed by atoms with Crippen LogP contribution in [0.4, 0.5) is 0 Å². The number of hydrogen-bond acceptors (Lipinski definition) is 4. The van der Waals surface area contributed by atoms with E-state index < -0.39 is 6.10 Å². The van der Waals surface area contributed by atoms with Crippen molar-refractivity contribution < 1.29 is 9.84 Å². The second kappa shape index (κ2) is 7.36. The highest BCUT2D eigenvalue weighted by Gasteiger charge is 2.19. The van der Waals surface area contributed by atoms with Gasteiger partial charge in [0, 0.05) is 11.6 Å². The van der Waals surface area contributed by atoms with E-state index in [0.717, 1.165) is 5.56 Å². The van der Waals surface area contributed by atoms with Crippen LogP contribution in [0.25, 0.3) is 0 Å². The Kier molecular flexibility index (Phi) is 6.12. The zero-order valence-corrected chi connectivity index (χ0v) is 11.2. The van der Waals surface area contributed by atoms with Gasteiger partial charge in [-0.3, -0.25) is 0 Å². The molecule has 1 rings (SSSR count). The van der Waals surface area contributed by atoms with Crippen LogP contribution in [0.3, 0.4) is 0 Å². The van der Waals surface area contributed by atoms with Crippen molar-refractivity contribution in [1.82, 2.24) is 0 Å². The summed E-state index contributed by atoms with van der Waals surface area (Å²) in [5.41, 5.74) is 12.1. The highest BCUT2D eigenvalue weighted by molar-refractivity contribution is 5.35. The second-order valence-electron chi connectivity index (χ2n) is 4.93. The van der Waals surface area contributed by atoms with E-state index in [1.165, 1.54) is 0 Å². The van der Waals surface area contributed by atoms with Crippen LogP contribution in [0.15, 0.2) is 24.3 Å². The molecule has 0 saturated heterocycles. The Hall–Kier alpha value is -1.10. The predicted molar refractivity (Wildman–Crippen MR) is 73.4 cm³/mol. The number of aliphatic hydroxyl groups is 1. The van der Waals surface area contributed by atoms with E-state index in [-0.39, 0.29) is 6.04 Å². The molecule has 0 bridgehead atoms. The summed E-state index contributed by atoms with van der Waals surface area (Å²) in [6.07, 6.45) is -0.156. The molecule has 0 heterocycles. The quantitative estimate of drug-likeness (QED) is 0.685. The van der Waals surface area contributed by atoms with E-state index >= 15 is 0 Å². The van der Waals surface area contributed by atoms with Gasteiger partial charge in [0.2, 0.25) is 0 Å². The van der Waals surface area contributed by atoms with Crippen LogP contribution in [0.2, 0.25) is 0 Å². The number of benzene rings is 1. The minimum atomic E-state index is -0.739. The number of aliphatic hydroxyl groups excluding tert-OH is 1. The Labute approximate surface area is 109 Å². The monoisotopic (exact) mass is 252 g/mol. The Balaban J connectivity index is 2.80. The van der Waals surface area contributed by atoms with Gasteiger partial charge in [0.15, 0.2) is 0 Å². The van der Waals surface area contributed by atoms with Gasteiger partial charge in [-0.1, -0.05) is 32.0 Å². The van der Waals surface area contributed by atoms with Crippen LogP contribution in [0.5, 0.6) is 5.75 Å². The van der Waals surface area contributed by atoms with Crippen LogP contribution in [0, 0.1) is 5.92 Å². The molecular weight excluding hydrogens is 228 g/mol. The van der Waals surface area contributed by atoms with E-state index in [9.17, 15) is 5.11 Å². The maximum Gasteiger partial charge on any atom is 0.125 e. The fourth-order valence-electron chi connectivity index (χ4n) is 1.69. The number of ether oxygens (including phenoxy) is 1. The number of hydrogen-bond donors (Lipinski definition) is 3. The summed E-state index contributed by atoms with van der Waals surface area (Å²) in [5, 5.41) is 10.2. The normalized spacial score (nSPS) is 14.6. The first-order valence-corrected chi connectivity index (χ1v) is 6.41. The van der Waals surface area contributed by atoms with E-state index in [2.05, 4.69) is 13.8 Å². The lowest BCUT2D eigenvalue weighted by atomic mass is 9.99. The molecule has 1 aromatic rings. The number of nitrogens with two attached hydrogens (primary N) is 2. The average Bonchev–Trinajstić information content (AvgIpc) is 2.36. The summed E-state index contributed by atoms with van der Waals surface area (Å²) in [6, 6.07) is 7.10. The minimum absolute atomic E-state index is 0.362. The summed E-state index contributed by atoms with van der Waals surface area (Å²) >= 11 is 0. The molecular formula is C14H24N2O2. The maximum atomic E-state index is 10.2. The molecule has 4 heteroatoms. The van der Waals surface area contributed by atoms with E-state index in [4.69, 9.17) is 16.2 Å². The van der Waals surface area contributed by atoms with E-state index in [0.29, 0.717) is 31.2 Å². The second-order valence-corrected chi connectivity index (χ2v) is 4.93. The first kappa shape index (κ1) is 15.0. The first-order valence-electron chi connectivity index (χ1n) is 6.41. The molecule has 18 heavy (non-hydrogen) atoms. The molecule has 1 aromatic carbocycles. The van der Waals surface area contributed by atoms with E-state index in [1.807, 2.05) is 24.3 Å². The average molecular weight is 252 g/mol. The van der Waals surface area contributed by atoms with Crippen molar-refractivity contribution in [3.63, 3.8) is 0 Å². The molecule has 5 N–H and O–H groups in total. The van der Waals surface area contributed by atoms with Crippen molar-refractivity contribution >= 4 is 0 Å². The standard InChI is InChI=1S/C14H24N2O2/c1-10(2)9-18-13-6-4-3-5-11(13)14(17)12(16)7-8-15/h3-6,10,12,14,17H,7-9,15-16H2,1-2H3. The van der Waals surface area contributed by atoms with Gasteiger partial charge in [0.25, 0.3) is 0 Å². The van der Waals surface area contributed by atoms with Crippen LogP contribution >= 0.6 is 0 Å². The molecule has 0 saturated carbocycles. The van der Waals surface area contributed by atoms with Gasteiger partial charge in [0.05, 0.1) is 12.7 Å². The Bertz CT molecular complexity index is 355. The molecule has 0 aliphatic rings. The van der Waals surface area contributed by atoms with Gasteiger partial charge in [-0.2, -0.15) is 0 Å². The zero-order chi connectivity index (χ0) is 13.5. The van der Waals surface area contributed by atoms with Crippen molar-refractivity contribution in [1.29, 1.82) is 0 Å². The van der Waals surface area contributed by atoms with Gasteiger partial charge in [-0.15, -0.1) is 0 Å². The summed E-state index contributed by atoms with van der Waals surface area (Å²) < 4.78 is 5.70. The Morgan fingerprint density at radius 2 is 1.94 bits per heavy atom. The molecule has 4 nitrogen and oxygen atoms in total. The summed E-state index contributed by atoms with van der Waals surface area (Å²) in [4.78, 5) is 0. The molecule has 2 unspecified atom stereocenters. The van der Waals surface area contributed by atoms with Gasteiger partial charge in [-0.25, -0.2) is 0 Å². The molecule has 0 amide bonds. The molecule has 0 aliphatic carbocycles. The summed E-state index contributed by atoms with van der Waals surface area (Å²) in [5.74, 6) is 1.14. The first-order chi connectivity index (χ1) is 8.56. The van der Waals surface area contributed by atoms with Gasteiger partial charge < -0.3 is 21.3 Å². The van der Waals surface area contributed by atoms with Gasteiger partial charge >= 0.3 is 0 Å². The maximum absolute atomic E-state index is 10.2. The van der Waals surface area contributed by atoms with Crippen LogP contribution in [-0.2, 0) is 0 Å². The van der Waals surface area contributed by atoms with Crippen molar-refractivity contribution in [2.45, 2.75) is 32.4 Å². The Morgan fingerprint density at radius 3 is 2.56 bits per heavy atom. The van der Waals surface area contributed by atoms with E-state index in [1.54, 1.807) is 0 Å². The van der Waals surface area contributed by atoms with Crippen LogP contribution < -0.4 is 16.2 Å². The third kappa shape index (κ3) is 4.29. The van der Waals surface area contributed by atoms with Crippen molar-refractivity contribution in [2.24, 2.45) is 17.4 Å². The summed E-state index contributed by atoms with van der Waals surface area (Å²) in [6.45, 7) is 5.25. The highest BCUT2D eigenvalue weighted by atomic mass is 16.5.